The molecule has 2 aromatic rings. The van der Waals surface area contributed by atoms with Gasteiger partial charge < -0.3 is 34.8 Å². The van der Waals surface area contributed by atoms with E-state index in [2.05, 4.69) is 22.1 Å². The number of ether oxygens (including phenoxy) is 1. The Morgan fingerprint density at radius 3 is 2.20 bits per heavy atom. The van der Waals surface area contributed by atoms with Crippen molar-refractivity contribution in [3.63, 3.8) is 0 Å². The van der Waals surface area contributed by atoms with Gasteiger partial charge in [0.1, 0.15) is 11.7 Å². The molecule has 2 aliphatic rings. The number of carboxylic acid groups (broad SMARTS) is 1. The number of aliphatic carboxylic acids is 1. The number of carbonyl (C=O) groups excluding carboxylic acids is 4. The summed E-state index contributed by atoms with van der Waals surface area (Å²) >= 11 is 0. The molecule has 2 fully saturated rings. The zero-order valence-electron chi connectivity index (χ0n) is 30.3. The lowest BCUT2D eigenvalue weighted by molar-refractivity contribution is -0.138. The summed E-state index contributed by atoms with van der Waals surface area (Å²) in [6.45, 7) is 10.1. The van der Waals surface area contributed by atoms with Gasteiger partial charge in [-0.2, -0.15) is 0 Å². The van der Waals surface area contributed by atoms with Gasteiger partial charge in [-0.3, -0.25) is 19.2 Å². The monoisotopic (exact) mass is 706 g/mol. The van der Waals surface area contributed by atoms with Gasteiger partial charge in [0.2, 0.25) is 11.8 Å². The van der Waals surface area contributed by atoms with Crippen LogP contribution in [0.2, 0.25) is 0 Å². The first-order valence-corrected chi connectivity index (χ1v) is 18.5. The number of piperidine rings is 1. The van der Waals surface area contributed by atoms with E-state index in [0.717, 1.165) is 36.9 Å². The fourth-order valence-electron chi connectivity index (χ4n) is 6.62. The summed E-state index contributed by atoms with van der Waals surface area (Å²) in [4.78, 5) is 76.5. The third-order valence-electron chi connectivity index (χ3n) is 9.72. The number of rotatable bonds is 16. The molecule has 13 heteroatoms. The number of carbonyl (C=O) groups is 5. The van der Waals surface area contributed by atoms with E-state index in [4.69, 9.17) is 4.74 Å². The first kappa shape index (κ1) is 39.1. The van der Waals surface area contributed by atoms with Gasteiger partial charge in [0.15, 0.2) is 0 Å². The highest BCUT2D eigenvalue weighted by Crippen LogP contribution is 2.29. The van der Waals surface area contributed by atoms with E-state index in [0.29, 0.717) is 51.3 Å². The normalized spacial score (nSPS) is 15.6. The van der Waals surface area contributed by atoms with Crippen molar-refractivity contribution in [3.05, 3.63) is 48.2 Å². The summed E-state index contributed by atoms with van der Waals surface area (Å²) in [6.07, 6.45) is 4.55. The molecule has 0 spiro atoms. The Kier molecular flexibility index (Phi) is 15.1. The number of anilines is 1. The average molecular weight is 707 g/mol. The van der Waals surface area contributed by atoms with Crippen LogP contribution in [0, 0.1) is 5.92 Å². The van der Waals surface area contributed by atoms with E-state index >= 15 is 0 Å². The first-order valence-electron chi connectivity index (χ1n) is 18.5. The van der Waals surface area contributed by atoms with Crippen molar-refractivity contribution in [3.8, 4) is 11.3 Å². The highest BCUT2D eigenvalue weighted by atomic mass is 16.6. The Morgan fingerprint density at radius 1 is 0.902 bits per heavy atom. The van der Waals surface area contributed by atoms with Crippen molar-refractivity contribution in [1.29, 1.82) is 0 Å². The Hall–Kier alpha value is -4.68. The molecule has 0 saturated carbocycles. The number of hydrogen-bond donors (Lipinski definition) is 2. The topological polar surface area (TPSA) is 153 Å². The molecule has 1 atom stereocenters. The molecule has 1 aromatic heterocycles. The SMILES string of the molecule is CCCCCCOC(=O)N1CCN(C(=O)[C@H](CCC(=O)O)NC(=O)c2cc(N3CCC(C(=O)N(CC)CC)CC3)cc(-c3ccccc3)n2)CC1. The summed E-state index contributed by atoms with van der Waals surface area (Å²) in [6, 6.07) is 12.0. The summed E-state index contributed by atoms with van der Waals surface area (Å²) in [5.74, 6) is -1.95. The van der Waals surface area contributed by atoms with E-state index in [-0.39, 0.29) is 56.5 Å². The van der Waals surface area contributed by atoms with Gasteiger partial charge in [-0.1, -0.05) is 56.5 Å². The minimum Gasteiger partial charge on any atom is -0.481 e. The van der Waals surface area contributed by atoms with E-state index in [1.165, 1.54) is 0 Å². The second kappa shape index (κ2) is 19.6. The number of carboxylic acids is 1. The molecular weight excluding hydrogens is 652 g/mol. The van der Waals surface area contributed by atoms with Crippen molar-refractivity contribution in [2.75, 3.05) is 63.9 Å². The van der Waals surface area contributed by atoms with Gasteiger partial charge >= 0.3 is 12.1 Å². The van der Waals surface area contributed by atoms with E-state index in [9.17, 15) is 29.1 Å². The summed E-state index contributed by atoms with van der Waals surface area (Å²) in [7, 11) is 0. The van der Waals surface area contributed by atoms with Gasteiger partial charge in [0.25, 0.3) is 5.91 Å². The van der Waals surface area contributed by atoms with E-state index in [1.807, 2.05) is 55.1 Å². The van der Waals surface area contributed by atoms with Gasteiger partial charge in [-0.05, 0) is 51.7 Å². The van der Waals surface area contributed by atoms with Crippen molar-refractivity contribution in [2.24, 2.45) is 5.92 Å². The summed E-state index contributed by atoms with van der Waals surface area (Å²) < 4.78 is 5.40. The Labute approximate surface area is 301 Å². The van der Waals surface area contributed by atoms with Crippen molar-refractivity contribution in [2.45, 2.75) is 78.2 Å². The molecule has 4 amide bonds. The number of piperazine rings is 1. The molecule has 2 aliphatic heterocycles. The molecule has 3 heterocycles. The zero-order chi connectivity index (χ0) is 36.8. The van der Waals surface area contributed by atoms with Crippen LogP contribution in [-0.2, 0) is 19.1 Å². The van der Waals surface area contributed by atoms with Crippen LogP contribution in [0.5, 0.6) is 0 Å². The van der Waals surface area contributed by atoms with Crippen LogP contribution >= 0.6 is 0 Å². The van der Waals surface area contributed by atoms with Crippen LogP contribution in [0.3, 0.4) is 0 Å². The number of hydrogen-bond acceptors (Lipinski definition) is 8. The van der Waals surface area contributed by atoms with Crippen LogP contribution in [0.4, 0.5) is 10.5 Å². The third kappa shape index (κ3) is 11.2. The molecule has 0 bridgehead atoms. The molecule has 278 valence electrons. The number of nitrogens with zero attached hydrogens (tertiary/aromatic N) is 5. The van der Waals surface area contributed by atoms with E-state index in [1.54, 1.807) is 15.9 Å². The minimum absolute atomic E-state index is 0.0524. The molecular formula is C38H54N6O7. The van der Waals surface area contributed by atoms with Gasteiger partial charge in [0, 0.05) is 75.9 Å². The van der Waals surface area contributed by atoms with Gasteiger partial charge in [-0.15, -0.1) is 0 Å². The number of nitrogens with one attached hydrogen (secondary N) is 1. The quantitative estimate of drug-likeness (QED) is 0.238. The Bertz CT molecular complexity index is 1470. The number of unbranched alkanes of at least 4 members (excludes halogenated alkanes) is 3. The second-order valence-corrected chi connectivity index (χ2v) is 13.2. The third-order valence-corrected chi connectivity index (χ3v) is 9.72. The van der Waals surface area contributed by atoms with Crippen LogP contribution in [-0.4, -0.2) is 120 Å². The minimum atomic E-state index is -1.10. The molecule has 51 heavy (non-hydrogen) atoms. The summed E-state index contributed by atoms with van der Waals surface area (Å²) in [5.41, 5.74) is 2.29. The molecule has 0 unspecified atom stereocenters. The number of aromatic nitrogens is 1. The standard InChI is InChI=1S/C38H54N6O7/c1-4-7-8-12-25-51-38(50)44-23-21-43(22-24-44)37(49)31(15-16-34(45)46)40-35(47)33-27-30(26-32(39-33)28-13-10-9-11-14-28)42-19-17-29(18-20-42)36(48)41(5-2)6-3/h9-11,13-14,26-27,29,31H,4-8,12,15-25H2,1-3H3,(H,40,47)(H,45,46)/t31-/m0/s1. The molecule has 0 radical (unpaired) electrons. The smallest absolute Gasteiger partial charge is 0.409 e. The fraction of sp³-hybridized carbons (Fsp3) is 0.579. The average Bonchev–Trinajstić information content (AvgIpc) is 3.16. The van der Waals surface area contributed by atoms with Crippen molar-refractivity contribution < 1.29 is 33.8 Å². The highest BCUT2D eigenvalue weighted by molar-refractivity contribution is 5.97. The number of pyridine rings is 1. The second-order valence-electron chi connectivity index (χ2n) is 13.2. The van der Waals surface area contributed by atoms with Gasteiger partial charge in [-0.25, -0.2) is 9.78 Å². The zero-order valence-corrected chi connectivity index (χ0v) is 30.3. The first-order chi connectivity index (χ1) is 24.6. The van der Waals surface area contributed by atoms with Crippen molar-refractivity contribution >= 4 is 35.5 Å². The lowest BCUT2D eigenvalue weighted by Crippen LogP contribution is -2.56. The Morgan fingerprint density at radius 2 is 1.57 bits per heavy atom. The lowest BCUT2D eigenvalue weighted by atomic mass is 9.94. The summed E-state index contributed by atoms with van der Waals surface area (Å²) in [5, 5.41) is 12.2. The molecule has 4 rings (SSSR count). The maximum Gasteiger partial charge on any atom is 0.409 e. The predicted octanol–water partition coefficient (Wildman–Crippen LogP) is 4.66. The predicted molar refractivity (Wildman–Crippen MR) is 194 cm³/mol. The molecule has 2 N–H and O–H groups in total. The fourth-order valence-corrected chi connectivity index (χ4v) is 6.62. The molecule has 0 aliphatic carbocycles. The molecule has 13 nitrogen and oxygen atoms in total. The van der Waals surface area contributed by atoms with Crippen molar-refractivity contribution in [1.82, 2.24) is 25.0 Å². The van der Waals surface area contributed by atoms with Crippen LogP contribution in [0.1, 0.15) is 82.6 Å². The maximum atomic E-state index is 13.9. The number of benzene rings is 1. The van der Waals surface area contributed by atoms with Gasteiger partial charge in [0.05, 0.1) is 12.3 Å². The highest BCUT2D eigenvalue weighted by Gasteiger charge is 2.32. The van der Waals surface area contributed by atoms with Crippen LogP contribution in [0.15, 0.2) is 42.5 Å². The largest absolute Gasteiger partial charge is 0.481 e. The Balaban J connectivity index is 1.47. The lowest BCUT2D eigenvalue weighted by Gasteiger charge is -2.36. The maximum absolute atomic E-state index is 13.9. The molecule has 2 saturated heterocycles. The van der Waals surface area contributed by atoms with E-state index < -0.39 is 29.9 Å². The molecule has 1 aromatic carbocycles. The van der Waals surface area contributed by atoms with Crippen LogP contribution < -0.4 is 10.2 Å². The van der Waals surface area contributed by atoms with Crippen LogP contribution in [0.25, 0.3) is 11.3 Å². The number of amides is 4.